The van der Waals surface area contributed by atoms with Crippen LogP contribution in [0.3, 0.4) is 0 Å². The number of nitrogens with one attached hydrogen (secondary N) is 1. The summed E-state index contributed by atoms with van der Waals surface area (Å²) in [6.45, 7) is 4.51. The van der Waals surface area contributed by atoms with Gasteiger partial charge >= 0.3 is 6.61 Å². The van der Waals surface area contributed by atoms with Gasteiger partial charge in [-0.2, -0.15) is 8.78 Å². The topological polar surface area (TPSA) is 78.3 Å². The molecule has 3 heterocycles. The molecule has 1 saturated carbocycles. The average molecular weight is 493 g/mol. The highest BCUT2D eigenvalue weighted by Crippen LogP contribution is 2.37. The summed E-state index contributed by atoms with van der Waals surface area (Å²) in [6, 6.07) is 7.57. The van der Waals surface area contributed by atoms with Gasteiger partial charge in [-0.25, -0.2) is 14.4 Å². The molecule has 11 heteroatoms. The molecular formula is C23H27F3N4O3Si. The second-order valence-electron chi connectivity index (χ2n) is 9.51. The number of carbonyl (C=O) groups excluding carboxylic acids is 1. The maximum absolute atomic E-state index is 13.3. The van der Waals surface area contributed by atoms with Crippen molar-refractivity contribution in [1.29, 1.82) is 0 Å². The fourth-order valence-electron chi connectivity index (χ4n) is 3.52. The minimum absolute atomic E-state index is 0.186. The summed E-state index contributed by atoms with van der Waals surface area (Å²) in [5.41, 5.74) is 1.45. The van der Waals surface area contributed by atoms with E-state index in [1.165, 1.54) is 6.20 Å². The molecule has 1 amide bonds. The first-order chi connectivity index (χ1) is 16.1. The highest BCUT2D eigenvalue weighted by Gasteiger charge is 2.43. The standard InChI is InChI=1S/C23H27F3N4O3Si/c1-34(2,3)10-9-32-13-30-12-17(15-5-4-8-27-22(15)33-23(25)26)14-6-7-19(28-20(14)30)29-21(31)16-11-18(16)24/h4-8,12,16,18,23H,9-11,13H2,1-3H3,(H,28,29,31)/t16-,18+/m1/s1. The SMILES string of the molecule is C[Si](C)(C)CCOCn1cc(-c2cccnc2OC(F)F)c2ccc(NC(=O)[C@@H]3C[C@@H]3F)nc21. The molecule has 0 unspecified atom stereocenters. The number of carbonyl (C=O) groups is 1. The number of nitrogens with zero attached hydrogens (tertiary/aromatic N) is 3. The molecule has 2 atom stereocenters. The predicted molar refractivity (Wildman–Crippen MR) is 125 cm³/mol. The van der Waals surface area contributed by atoms with Crippen molar-refractivity contribution in [2.24, 2.45) is 5.92 Å². The van der Waals surface area contributed by atoms with Crippen LogP contribution in [0, 0.1) is 5.92 Å². The lowest BCUT2D eigenvalue weighted by Crippen LogP contribution is -2.22. The molecule has 34 heavy (non-hydrogen) atoms. The minimum Gasteiger partial charge on any atom is -0.416 e. The number of hydrogen-bond donors (Lipinski definition) is 1. The summed E-state index contributed by atoms with van der Waals surface area (Å²) in [6.07, 6.45) is 2.22. The molecule has 3 aromatic rings. The van der Waals surface area contributed by atoms with Gasteiger partial charge in [0.25, 0.3) is 0 Å². The van der Waals surface area contributed by atoms with E-state index in [2.05, 4.69) is 39.7 Å². The summed E-state index contributed by atoms with van der Waals surface area (Å²) in [5, 5.41) is 3.30. The number of fused-ring (bicyclic) bond motifs is 1. The number of aromatic nitrogens is 3. The minimum atomic E-state index is -3.02. The molecular weight excluding hydrogens is 465 g/mol. The Morgan fingerprint density at radius 1 is 1.26 bits per heavy atom. The molecule has 0 aromatic carbocycles. The highest BCUT2D eigenvalue weighted by atomic mass is 28.3. The van der Waals surface area contributed by atoms with Gasteiger partial charge < -0.3 is 19.4 Å². The van der Waals surface area contributed by atoms with Crippen LogP contribution in [0.1, 0.15) is 6.42 Å². The van der Waals surface area contributed by atoms with E-state index >= 15 is 0 Å². The lowest BCUT2D eigenvalue weighted by Gasteiger charge is -2.15. The number of ether oxygens (including phenoxy) is 2. The summed E-state index contributed by atoms with van der Waals surface area (Å²) >= 11 is 0. The number of hydrogen-bond acceptors (Lipinski definition) is 5. The Kier molecular flexibility index (Phi) is 6.94. The third-order valence-corrected chi connectivity index (χ3v) is 7.22. The van der Waals surface area contributed by atoms with Gasteiger partial charge in [-0.15, -0.1) is 0 Å². The molecule has 0 spiro atoms. The van der Waals surface area contributed by atoms with Crippen molar-refractivity contribution >= 4 is 30.8 Å². The Labute approximate surface area is 196 Å². The Bertz CT molecular complexity index is 1180. The molecule has 0 bridgehead atoms. The second-order valence-corrected chi connectivity index (χ2v) is 15.1. The molecule has 1 N–H and O–H groups in total. The van der Waals surface area contributed by atoms with Crippen molar-refractivity contribution in [3.8, 4) is 17.0 Å². The first-order valence-corrected chi connectivity index (χ1v) is 14.8. The summed E-state index contributed by atoms with van der Waals surface area (Å²) in [5.74, 6) is -0.978. The van der Waals surface area contributed by atoms with Crippen LogP contribution in [0.15, 0.2) is 36.7 Å². The Hall–Kier alpha value is -2.92. The molecule has 1 fully saturated rings. The number of alkyl halides is 3. The van der Waals surface area contributed by atoms with Crippen LogP contribution in [-0.2, 0) is 16.3 Å². The van der Waals surface area contributed by atoms with Gasteiger partial charge in [0.15, 0.2) is 0 Å². The van der Waals surface area contributed by atoms with E-state index in [4.69, 9.17) is 4.74 Å². The lowest BCUT2D eigenvalue weighted by atomic mass is 10.1. The normalized spacial score (nSPS) is 17.9. The van der Waals surface area contributed by atoms with Crippen LogP contribution in [0.25, 0.3) is 22.2 Å². The number of halogens is 3. The highest BCUT2D eigenvalue weighted by molar-refractivity contribution is 6.76. The number of pyridine rings is 2. The van der Waals surface area contributed by atoms with Crippen LogP contribution in [0.5, 0.6) is 5.88 Å². The van der Waals surface area contributed by atoms with Gasteiger partial charge in [0, 0.05) is 43.6 Å². The van der Waals surface area contributed by atoms with Gasteiger partial charge in [-0.05, 0) is 36.7 Å². The van der Waals surface area contributed by atoms with Crippen molar-refractivity contribution in [3.05, 3.63) is 36.7 Å². The van der Waals surface area contributed by atoms with Gasteiger partial charge in [-0.1, -0.05) is 19.6 Å². The Morgan fingerprint density at radius 2 is 2.03 bits per heavy atom. The van der Waals surface area contributed by atoms with Gasteiger partial charge in [0.05, 0.1) is 5.92 Å². The van der Waals surface area contributed by atoms with Crippen LogP contribution >= 0.6 is 0 Å². The molecule has 0 saturated heterocycles. The van der Waals surface area contributed by atoms with E-state index in [0.29, 0.717) is 28.8 Å². The van der Waals surface area contributed by atoms with Crippen LogP contribution in [0.2, 0.25) is 25.7 Å². The van der Waals surface area contributed by atoms with Gasteiger partial charge in [0.2, 0.25) is 11.8 Å². The average Bonchev–Trinajstić information content (AvgIpc) is 3.39. The fourth-order valence-corrected chi connectivity index (χ4v) is 4.27. The molecule has 1 aliphatic rings. The number of rotatable bonds is 10. The van der Waals surface area contributed by atoms with Gasteiger partial charge in [0.1, 0.15) is 24.4 Å². The smallest absolute Gasteiger partial charge is 0.388 e. The second kappa shape index (κ2) is 9.75. The third kappa shape index (κ3) is 5.76. The lowest BCUT2D eigenvalue weighted by molar-refractivity contribution is -0.117. The zero-order chi connectivity index (χ0) is 24.5. The molecule has 3 aromatic heterocycles. The van der Waals surface area contributed by atoms with Crippen molar-refractivity contribution in [3.63, 3.8) is 0 Å². The monoisotopic (exact) mass is 492 g/mol. The maximum Gasteiger partial charge on any atom is 0.388 e. The predicted octanol–water partition coefficient (Wildman–Crippen LogP) is 5.31. The van der Waals surface area contributed by atoms with E-state index in [1.807, 2.05) is 0 Å². The zero-order valence-corrected chi connectivity index (χ0v) is 20.2. The molecule has 182 valence electrons. The largest absolute Gasteiger partial charge is 0.416 e. The van der Waals surface area contributed by atoms with Crippen molar-refractivity contribution in [2.75, 3.05) is 11.9 Å². The summed E-state index contributed by atoms with van der Waals surface area (Å²) < 4.78 is 51.4. The van der Waals surface area contributed by atoms with E-state index in [1.54, 1.807) is 35.0 Å². The molecule has 4 rings (SSSR count). The molecule has 0 radical (unpaired) electrons. The first-order valence-electron chi connectivity index (χ1n) is 11.0. The van der Waals surface area contributed by atoms with Crippen LogP contribution in [0.4, 0.5) is 19.0 Å². The first kappa shape index (κ1) is 24.2. The molecule has 7 nitrogen and oxygen atoms in total. The van der Waals surface area contributed by atoms with Crippen LogP contribution < -0.4 is 10.1 Å². The van der Waals surface area contributed by atoms with E-state index in [0.717, 1.165) is 6.04 Å². The quantitative estimate of drug-likeness (QED) is 0.307. The van der Waals surface area contributed by atoms with E-state index in [9.17, 15) is 18.0 Å². The third-order valence-electron chi connectivity index (χ3n) is 5.51. The van der Waals surface area contributed by atoms with Crippen molar-refractivity contribution in [1.82, 2.24) is 14.5 Å². The number of anilines is 1. The molecule has 1 aliphatic carbocycles. The van der Waals surface area contributed by atoms with E-state index < -0.39 is 32.7 Å². The van der Waals surface area contributed by atoms with Crippen molar-refractivity contribution in [2.45, 2.75) is 51.6 Å². The van der Waals surface area contributed by atoms with Crippen molar-refractivity contribution < 1.29 is 27.4 Å². The van der Waals surface area contributed by atoms with Gasteiger partial charge in [-0.3, -0.25) is 4.79 Å². The Balaban J connectivity index is 1.68. The summed E-state index contributed by atoms with van der Waals surface area (Å²) in [7, 11) is -1.28. The van der Waals surface area contributed by atoms with Crippen LogP contribution in [-0.4, -0.2) is 47.9 Å². The maximum atomic E-state index is 13.3. The number of amides is 1. The molecule has 0 aliphatic heterocycles. The summed E-state index contributed by atoms with van der Waals surface area (Å²) in [4.78, 5) is 20.7. The zero-order valence-electron chi connectivity index (χ0n) is 19.2. The van der Waals surface area contributed by atoms with E-state index in [-0.39, 0.29) is 24.8 Å². The fraction of sp³-hybridized carbons (Fsp3) is 0.435. The Morgan fingerprint density at radius 3 is 2.71 bits per heavy atom.